The SMILES string of the molecule is COCc1cccc(/C=C(/C)C(C)O)c1. The van der Waals surface area contributed by atoms with Crippen LogP contribution >= 0.6 is 0 Å². The molecule has 1 rings (SSSR count). The van der Waals surface area contributed by atoms with Gasteiger partial charge in [-0.05, 0) is 36.6 Å². The maximum Gasteiger partial charge on any atom is 0.0722 e. The molecule has 0 aliphatic heterocycles. The monoisotopic (exact) mass is 206 g/mol. The lowest BCUT2D eigenvalue weighted by atomic mass is 10.1. The summed E-state index contributed by atoms with van der Waals surface area (Å²) in [5, 5.41) is 9.36. The summed E-state index contributed by atoms with van der Waals surface area (Å²) in [7, 11) is 1.68. The molecule has 82 valence electrons. The summed E-state index contributed by atoms with van der Waals surface area (Å²) in [6.07, 6.45) is 1.60. The summed E-state index contributed by atoms with van der Waals surface area (Å²) in [6, 6.07) is 8.11. The zero-order chi connectivity index (χ0) is 11.3. The number of aliphatic hydroxyl groups excluding tert-OH is 1. The van der Waals surface area contributed by atoms with Crippen molar-refractivity contribution in [3.05, 3.63) is 41.0 Å². The van der Waals surface area contributed by atoms with E-state index in [0.29, 0.717) is 6.61 Å². The van der Waals surface area contributed by atoms with Crippen LogP contribution in [0, 0.1) is 0 Å². The van der Waals surface area contributed by atoms with Gasteiger partial charge in [0.15, 0.2) is 0 Å². The second-order valence-electron chi connectivity index (χ2n) is 3.74. The Kier molecular flexibility index (Phi) is 4.53. The highest BCUT2D eigenvalue weighted by molar-refractivity contribution is 5.54. The van der Waals surface area contributed by atoms with Crippen LogP contribution < -0.4 is 0 Å². The predicted molar refractivity (Wildman–Crippen MR) is 62.5 cm³/mol. The molecule has 1 N–H and O–H groups in total. The van der Waals surface area contributed by atoms with Crippen molar-refractivity contribution < 1.29 is 9.84 Å². The molecule has 0 radical (unpaired) electrons. The van der Waals surface area contributed by atoms with Gasteiger partial charge in [0, 0.05) is 7.11 Å². The van der Waals surface area contributed by atoms with Crippen molar-refractivity contribution in [3.63, 3.8) is 0 Å². The molecule has 0 saturated heterocycles. The first-order chi connectivity index (χ1) is 7.13. The Labute approximate surface area is 91.2 Å². The molecule has 0 aliphatic carbocycles. The molecule has 15 heavy (non-hydrogen) atoms. The third kappa shape index (κ3) is 3.86. The minimum absolute atomic E-state index is 0.393. The van der Waals surface area contributed by atoms with Gasteiger partial charge in [-0.3, -0.25) is 0 Å². The summed E-state index contributed by atoms with van der Waals surface area (Å²) >= 11 is 0. The van der Waals surface area contributed by atoms with Crippen molar-refractivity contribution in [2.75, 3.05) is 7.11 Å². The zero-order valence-electron chi connectivity index (χ0n) is 9.53. The molecular formula is C13H18O2. The number of hydrogen-bond donors (Lipinski definition) is 1. The molecule has 2 nitrogen and oxygen atoms in total. The lowest BCUT2D eigenvalue weighted by Crippen LogP contribution is -2.00. The first-order valence-corrected chi connectivity index (χ1v) is 5.07. The minimum Gasteiger partial charge on any atom is -0.389 e. The van der Waals surface area contributed by atoms with Gasteiger partial charge < -0.3 is 9.84 Å². The lowest BCUT2D eigenvalue weighted by molar-refractivity contribution is 0.185. The summed E-state index contributed by atoms with van der Waals surface area (Å²) in [5.74, 6) is 0. The Hall–Kier alpha value is -1.12. The summed E-state index contributed by atoms with van der Waals surface area (Å²) in [6.45, 7) is 4.31. The van der Waals surface area contributed by atoms with E-state index in [0.717, 1.165) is 16.7 Å². The quantitative estimate of drug-likeness (QED) is 0.820. The van der Waals surface area contributed by atoms with Gasteiger partial charge in [0.25, 0.3) is 0 Å². The molecule has 0 bridgehead atoms. The average molecular weight is 206 g/mol. The number of benzene rings is 1. The third-order valence-corrected chi connectivity index (χ3v) is 2.32. The molecule has 0 saturated carbocycles. The van der Waals surface area contributed by atoms with Crippen molar-refractivity contribution in [2.45, 2.75) is 26.6 Å². The fraction of sp³-hybridized carbons (Fsp3) is 0.385. The Balaban J connectivity index is 2.86. The molecule has 1 aromatic carbocycles. The number of rotatable bonds is 4. The van der Waals surface area contributed by atoms with Gasteiger partial charge in [-0.2, -0.15) is 0 Å². The maximum atomic E-state index is 9.36. The molecule has 0 heterocycles. The number of aliphatic hydroxyl groups is 1. The lowest BCUT2D eigenvalue weighted by Gasteiger charge is -2.05. The van der Waals surface area contributed by atoms with Crippen molar-refractivity contribution in [1.29, 1.82) is 0 Å². The van der Waals surface area contributed by atoms with Gasteiger partial charge in [0.05, 0.1) is 12.7 Å². The summed E-state index contributed by atoms with van der Waals surface area (Å²) in [5.41, 5.74) is 3.21. The van der Waals surface area contributed by atoms with Crippen LogP contribution in [0.4, 0.5) is 0 Å². The van der Waals surface area contributed by atoms with E-state index < -0.39 is 6.10 Å². The topological polar surface area (TPSA) is 29.5 Å². The van der Waals surface area contributed by atoms with E-state index in [9.17, 15) is 5.11 Å². The van der Waals surface area contributed by atoms with E-state index in [2.05, 4.69) is 6.07 Å². The van der Waals surface area contributed by atoms with E-state index in [4.69, 9.17) is 4.74 Å². The predicted octanol–water partition coefficient (Wildman–Crippen LogP) is 2.62. The van der Waals surface area contributed by atoms with E-state index in [1.807, 2.05) is 31.2 Å². The number of hydrogen-bond acceptors (Lipinski definition) is 2. The molecular weight excluding hydrogens is 188 g/mol. The van der Waals surface area contributed by atoms with Crippen LogP contribution in [0.1, 0.15) is 25.0 Å². The fourth-order valence-corrected chi connectivity index (χ4v) is 1.32. The van der Waals surface area contributed by atoms with Crippen LogP contribution in [0.5, 0.6) is 0 Å². The third-order valence-electron chi connectivity index (χ3n) is 2.32. The summed E-state index contributed by atoms with van der Waals surface area (Å²) in [4.78, 5) is 0. The second-order valence-corrected chi connectivity index (χ2v) is 3.74. The van der Waals surface area contributed by atoms with E-state index in [-0.39, 0.29) is 0 Å². The van der Waals surface area contributed by atoms with Gasteiger partial charge in [0.2, 0.25) is 0 Å². The van der Waals surface area contributed by atoms with Crippen LogP contribution in [-0.2, 0) is 11.3 Å². The van der Waals surface area contributed by atoms with Crippen molar-refractivity contribution in [1.82, 2.24) is 0 Å². The molecule has 0 spiro atoms. The van der Waals surface area contributed by atoms with Crippen molar-refractivity contribution in [2.24, 2.45) is 0 Å². The Morgan fingerprint density at radius 1 is 1.53 bits per heavy atom. The number of ether oxygens (including phenoxy) is 1. The van der Waals surface area contributed by atoms with Gasteiger partial charge in [0.1, 0.15) is 0 Å². The molecule has 0 amide bonds. The highest BCUT2D eigenvalue weighted by Gasteiger charge is 1.99. The Morgan fingerprint density at radius 2 is 2.27 bits per heavy atom. The van der Waals surface area contributed by atoms with Crippen LogP contribution in [0.2, 0.25) is 0 Å². The highest BCUT2D eigenvalue weighted by atomic mass is 16.5. The average Bonchev–Trinajstić information content (AvgIpc) is 2.18. The van der Waals surface area contributed by atoms with Gasteiger partial charge >= 0.3 is 0 Å². The van der Waals surface area contributed by atoms with Crippen LogP contribution in [-0.4, -0.2) is 18.3 Å². The van der Waals surface area contributed by atoms with E-state index >= 15 is 0 Å². The van der Waals surface area contributed by atoms with E-state index in [1.165, 1.54) is 0 Å². The molecule has 0 aliphatic rings. The number of methoxy groups -OCH3 is 1. The molecule has 1 unspecified atom stereocenters. The normalized spacial score (nSPS) is 14.0. The summed E-state index contributed by atoms with van der Waals surface area (Å²) < 4.78 is 5.07. The first kappa shape index (κ1) is 12.0. The highest BCUT2D eigenvalue weighted by Crippen LogP contribution is 2.12. The van der Waals surface area contributed by atoms with Crippen molar-refractivity contribution in [3.8, 4) is 0 Å². The van der Waals surface area contributed by atoms with Gasteiger partial charge in [-0.25, -0.2) is 0 Å². The Bertz CT molecular complexity index is 340. The van der Waals surface area contributed by atoms with Gasteiger partial charge in [-0.15, -0.1) is 0 Å². The standard InChI is InChI=1S/C13H18O2/c1-10(11(2)14)7-12-5-4-6-13(8-12)9-15-3/h4-8,11,14H,9H2,1-3H3/b10-7-. The van der Waals surface area contributed by atoms with Gasteiger partial charge in [-0.1, -0.05) is 24.3 Å². The van der Waals surface area contributed by atoms with Crippen LogP contribution in [0.25, 0.3) is 6.08 Å². The smallest absolute Gasteiger partial charge is 0.0722 e. The van der Waals surface area contributed by atoms with Crippen molar-refractivity contribution >= 4 is 6.08 Å². The molecule has 1 aromatic rings. The molecule has 0 aromatic heterocycles. The zero-order valence-corrected chi connectivity index (χ0v) is 9.53. The first-order valence-electron chi connectivity index (χ1n) is 5.07. The van der Waals surface area contributed by atoms with Crippen LogP contribution in [0.3, 0.4) is 0 Å². The molecule has 0 fully saturated rings. The maximum absolute atomic E-state index is 9.36. The van der Waals surface area contributed by atoms with Crippen LogP contribution in [0.15, 0.2) is 29.8 Å². The second kappa shape index (κ2) is 5.69. The molecule has 1 atom stereocenters. The molecule has 2 heteroatoms. The minimum atomic E-state index is -0.393. The Morgan fingerprint density at radius 3 is 2.87 bits per heavy atom. The largest absolute Gasteiger partial charge is 0.389 e. The fourth-order valence-electron chi connectivity index (χ4n) is 1.32. The van der Waals surface area contributed by atoms with E-state index in [1.54, 1.807) is 14.0 Å².